The van der Waals surface area contributed by atoms with E-state index < -0.39 is 0 Å². The first-order chi connectivity index (χ1) is 9.38. The molecule has 0 heterocycles. The summed E-state index contributed by atoms with van der Waals surface area (Å²) in [6, 6.07) is 10.4. The van der Waals surface area contributed by atoms with Gasteiger partial charge in [-0.3, -0.25) is 0 Å². The van der Waals surface area contributed by atoms with Gasteiger partial charge >= 0.3 is 0 Å². The second-order valence-electron chi connectivity index (χ2n) is 5.44. The maximum absolute atomic E-state index is 5.86. The second-order valence-corrected chi connectivity index (χ2v) is 5.44. The van der Waals surface area contributed by atoms with Crippen molar-refractivity contribution in [1.29, 1.82) is 0 Å². The van der Waals surface area contributed by atoms with E-state index in [0.717, 1.165) is 26.1 Å². The van der Waals surface area contributed by atoms with Gasteiger partial charge in [-0.15, -0.1) is 0 Å². The minimum absolute atomic E-state index is 0.404. The SMILES string of the molecule is CCCCCCOC1CC(OCc2ccccc2)C1. The monoisotopic (exact) mass is 262 g/mol. The molecule has 19 heavy (non-hydrogen) atoms. The summed E-state index contributed by atoms with van der Waals surface area (Å²) in [5.74, 6) is 0. The fourth-order valence-electron chi connectivity index (χ4n) is 2.36. The van der Waals surface area contributed by atoms with E-state index in [2.05, 4.69) is 31.2 Å². The zero-order valence-electron chi connectivity index (χ0n) is 12.0. The molecular weight excluding hydrogens is 236 g/mol. The lowest BCUT2D eigenvalue weighted by molar-refractivity contribution is -0.107. The highest BCUT2D eigenvalue weighted by molar-refractivity contribution is 5.13. The van der Waals surface area contributed by atoms with Crippen molar-refractivity contribution in [2.24, 2.45) is 0 Å². The van der Waals surface area contributed by atoms with Crippen molar-refractivity contribution in [3.05, 3.63) is 35.9 Å². The van der Waals surface area contributed by atoms with Gasteiger partial charge in [-0.25, -0.2) is 0 Å². The van der Waals surface area contributed by atoms with Gasteiger partial charge in [0.15, 0.2) is 0 Å². The van der Waals surface area contributed by atoms with Gasteiger partial charge in [-0.1, -0.05) is 56.5 Å². The summed E-state index contributed by atoms with van der Waals surface area (Å²) in [6.45, 7) is 3.90. The molecule has 1 saturated carbocycles. The molecule has 2 heteroatoms. The summed E-state index contributed by atoms with van der Waals surface area (Å²) in [6.07, 6.45) is 8.12. The molecule has 0 unspecified atom stereocenters. The van der Waals surface area contributed by atoms with Crippen LogP contribution in [0.25, 0.3) is 0 Å². The fraction of sp³-hybridized carbons (Fsp3) is 0.647. The molecule has 2 rings (SSSR count). The molecule has 0 atom stereocenters. The Kier molecular flexibility index (Phi) is 6.38. The van der Waals surface area contributed by atoms with Crippen LogP contribution in [0.3, 0.4) is 0 Å². The summed E-state index contributed by atoms with van der Waals surface area (Å²) in [5, 5.41) is 0. The largest absolute Gasteiger partial charge is 0.378 e. The van der Waals surface area contributed by atoms with Crippen molar-refractivity contribution in [2.45, 2.75) is 64.3 Å². The third-order valence-corrected chi connectivity index (χ3v) is 3.73. The van der Waals surface area contributed by atoms with E-state index in [0.29, 0.717) is 12.2 Å². The van der Waals surface area contributed by atoms with E-state index in [1.807, 2.05) is 6.07 Å². The molecule has 0 N–H and O–H groups in total. The van der Waals surface area contributed by atoms with Crippen LogP contribution < -0.4 is 0 Å². The number of ether oxygens (including phenoxy) is 2. The van der Waals surface area contributed by atoms with Crippen molar-refractivity contribution < 1.29 is 9.47 Å². The molecule has 106 valence electrons. The number of benzene rings is 1. The number of hydrogen-bond acceptors (Lipinski definition) is 2. The van der Waals surface area contributed by atoms with E-state index in [1.165, 1.54) is 31.2 Å². The molecule has 0 aromatic heterocycles. The zero-order chi connectivity index (χ0) is 13.3. The topological polar surface area (TPSA) is 18.5 Å². The Bertz CT molecular complexity index is 330. The molecule has 1 aliphatic rings. The molecule has 0 radical (unpaired) electrons. The van der Waals surface area contributed by atoms with Crippen molar-refractivity contribution in [3.63, 3.8) is 0 Å². The highest BCUT2D eigenvalue weighted by atomic mass is 16.5. The summed E-state index contributed by atoms with van der Waals surface area (Å²) in [5.41, 5.74) is 1.26. The number of unbranched alkanes of at least 4 members (excludes halogenated alkanes) is 3. The summed E-state index contributed by atoms with van der Waals surface area (Å²) in [7, 11) is 0. The second kappa shape index (κ2) is 8.34. The van der Waals surface area contributed by atoms with Crippen molar-refractivity contribution in [3.8, 4) is 0 Å². The lowest BCUT2D eigenvalue weighted by atomic mass is 9.92. The molecule has 0 amide bonds. The van der Waals surface area contributed by atoms with Gasteiger partial charge in [-0.05, 0) is 24.8 Å². The Balaban J connectivity index is 1.47. The normalized spacial score (nSPS) is 22.2. The van der Waals surface area contributed by atoms with Crippen LogP contribution in [0.5, 0.6) is 0 Å². The maximum atomic E-state index is 5.86. The predicted octanol–water partition coefficient (Wildman–Crippen LogP) is 4.33. The maximum Gasteiger partial charge on any atom is 0.0720 e. The van der Waals surface area contributed by atoms with Gasteiger partial charge in [0.25, 0.3) is 0 Å². The van der Waals surface area contributed by atoms with E-state index in [1.54, 1.807) is 0 Å². The van der Waals surface area contributed by atoms with Crippen LogP contribution in [-0.4, -0.2) is 18.8 Å². The average molecular weight is 262 g/mol. The average Bonchev–Trinajstić information content (AvgIpc) is 2.41. The zero-order valence-corrected chi connectivity index (χ0v) is 12.0. The quantitative estimate of drug-likeness (QED) is 0.617. The summed E-state index contributed by atoms with van der Waals surface area (Å²) >= 11 is 0. The lowest BCUT2D eigenvalue weighted by Gasteiger charge is -2.35. The van der Waals surface area contributed by atoms with Gasteiger partial charge < -0.3 is 9.47 Å². The van der Waals surface area contributed by atoms with Gasteiger partial charge in [0.1, 0.15) is 0 Å². The molecule has 0 bridgehead atoms. The van der Waals surface area contributed by atoms with E-state index in [4.69, 9.17) is 9.47 Å². The van der Waals surface area contributed by atoms with Crippen LogP contribution >= 0.6 is 0 Å². The Morgan fingerprint density at radius 2 is 1.68 bits per heavy atom. The molecule has 1 fully saturated rings. The van der Waals surface area contributed by atoms with E-state index in [9.17, 15) is 0 Å². The predicted molar refractivity (Wildman–Crippen MR) is 78.1 cm³/mol. The van der Waals surface area contributed by atoms with Gasteiger partial charge in [0.05, 0.1) is 18.8 Å². The van der Waals surface area contributed by atoms with Crippen molar-refractivity contribution in [1.82, 2.24) is 0 Å². The third-order valence-electron chi connectivity index (χ3n) is 3.73. The third kappa shape index (κ3) is 5.33. The molecule has 0 saturated heterocycles. The molecule has 1 aromatic carbocycles. The molecule has 0 aliphatic heterocycles. The summed E-state index contributed by atoms with van der Waals surface area (Å²) < 4.78 is 11.7. The van der Waals surface area contributed by atoms with Crippen LogP contribution in [0.2, 0.25) is 0 Å². The van der Waals surface area contributed by atoms with Gasteiger partial charge in [-0.2, -0.15) is 0 Å². The first-order valence-corrected chi connectivity index (χ1v) is 7.65. The Morgan fingerprint density at radius 3 is 2.42 bits per heavy atom. The summed E-state index contributed by atoms with van der Waals surface area (Å²) in [4.78, 5) is 0. The van der Waals surface area contributed by atoms with E-state index >= 15 is 0 Å². The highest BCUT2D eigenvalue weighted by Gasteiger charge is 2.30. The first kappa shape index (κ1) is 14.5. The van der Waals surface area contributed by atoms with Crippen LogP contribution in [-0.2, 0) is 16.1 Å². The standard InChI is InChI=1S/C17H26O2/c1-2-3-4-8-11-18-16-12-17(13-16)19-14-15-9-6-5-7-10-15/h5-7,9-10,16-17H,2-4,8,11-14H2,1H3. The van der Waals surface area contributed by atoms with Crippen LogP contribution in [0.15, 0.2) is 30.3 Å². The smallest absolute Gasteiger partial charge is 0.0720 e. The molecule has 1 aromatic rings. The fourth-order valence-corrected chi connectivity index (χ4v) is 2.36. The minimum Gasteiger partial charge on any atom is -0.378 e. The van der Waals surface area contributed by atoms with Crippen molar-refractivity contribution >= 4 is 0 Å². The first-order valence-electron chi connectivity index (χ1n) is 7.65. The highest BCUT2D eigenvalue weighted by Crippen LogP contribution is 2.27. The number of rotatable bonds is 9. The molecule has 0 spiro atoms. The molecular formula is C17H26O2. The lowest BCUT2D eigenvalue weighted by Crippen LogP contribution is -2.37. The van der Waals surface area contributed by atoms with Gasteiger partial charge in [0, 0.05) is 6.61 Å². The molecule has 1 aliphatic carbocycles. The Hall–Kier alpha value is -0.860. The van der Waals surface area contributed by atoms with Crippen LogP contribution in [0.4, 0.5) is 0 Å². The van der Waals surface area contributed by atoms with E-state index in [-0.39, 0.29) is 0 Å². The Labute approximate surface area is 117 Å². The van der Waals surface area contributed by atoms with Crippen LogP contribution in [0, 0.1) is 0 Å². The van der Waals surface area contributed by atoms with Crippen LogP contribution in [0.1, 0.15) is 51.0 Å². The van der Waals surface area contributed by atoms with Crippen molar-refractivity contribution in [2.75, 3.05) is 6.61 Å². The minimum atomic E-state index is 0.404. The molecule has 2 nitrogen and oxygen atoms in total. The van der Waals surface area contributed by atoms with Gasteiger partial charge in [0.2, 0.25) is 0 Å². The Morgan fingerprint density at radius 1 is 0.947 bits per heavy atom. The number of hydrogen-bond donors (Lipinski definition) is 0.